The fraction of sp³-hybridized carbons (Fsp3) is 0.364. The van der Waals surface area contributed by atoms with Crippen molar-refractivity contribution in [3.05, 3.63) is 23.8 Å². The van der Waals surface area contributed by atoms with E-state index in [9.17, 15) is 0 Å². The van der Waals surface area contributed by atoms with E-state index in [1.807, 2.05) is 12.1 Å². The van der Waals surface area contributed by atoms with Gasteiger partial charge in [0.15, 0.2) is 5.13 Å². The topological polar surface area (TPSA) is 38.9 Å². The third-order valence-corrected chi connectivity index (χ3v) is 3.17. The summed E-state index contributed by atoms with van der Waals surface area (Å²) < 4.78 is 1.22. The minimum absolute atomic E-state index is 0.151. The van der Waals surface area contributed by atoms with E-state index in [1.165, 1.54) is 10.3 Å². The van der Waals surface area contributed by atoms with Crippen LogP contribution in [0.25, 0.3) is 10.2 Å². The second-order valence-electron chi connectivity index (χ2n) is 4.46. The molecule has 0 bridgehead atoms. The van der Waals surface area contributed by atoms with Gasteiger partial charge in [-0.15, -0.1) is 0 Å². The smallest absolute Gasteiger partial charge is 0.181 e. The second kappa shape index (κ2) is 2.95. The van der Waals surface area contributed by atoms with Crippen LogP contribution >= 0.6 is 11.3 Å². The van der Waals surface area contributed by atoms with Gasteiger partial charge in [0.05, 0.1) is 10.2 Å². The average molecular weight is 206 g/mol. The molecule has 0 aliphatic heterocycles. The molecule has 0 saturated carbocycles. The first-order valence-corrected chi connectivity index (χ1v) is 5.45. The number of hydrogen-bond donors (Lipinski definition) is 1. The largest absolute Gasteiger partial charge is 0.375 e. The molecule has 0 amide bonds. The summed E-state index contributed by atoms with van der Waals surface area (Å²) in [5.74, 6) is 0. The molecule has 3 heteroatoms. The average Bonchev–Trinajstić information content (AvgIpc) is 2.41. The van der Waals surface area contributed by atoms with Gasteiger partial charge in [-0.1, -0.05) is 44.2 Å². The van der Waals surface area contributed by atoms with Gasteiger partial charge in [0.25, 0.3) is 0 Å². The van der Waals surface area contributed by atoms with Gasteiger partial charge >= 0.3 is 0 Å². The van der Waals surface area contributed by atoms with Crippen molar-refractivity contribution in [2.75, 3.05) is 5.73 Å². The van der Waals surface area contributed by atoms with Crippen LogP contribution in [0, 0.1) is 0 Å². The lowest BCUT2D eigenvalue weighted by molar-refractivity contribution is 0.596. The summed E-state index contributed by atoms with van der Waals surface area (Å²) >= 11 is 1.57. The summed E-state index contributed by atoms with van der Waals surface area (Å²) in [6.07, 6.45) is 0. The molecule has 0 aliphatic rings. The molecule has 1 aromatic heterocycles. The molecule has 1 heterocycles. The first kappa shape index (κ1) is 9.46. The SMILES string of the molecule is CC(C)(C)c1cccc2nc(N)sc12. The molecule has 14 heavy (non-hydrogen) atoms. The molecular weight excluding hydrogens is 192 g/mol. The summed E-state index contributed by atoms with van der Waals surface area (Å²) in [5.41, 5.74) is 8.20. The van der Waals surface area contributed by atoms with E-state index in [0.717, 1.165) is 5.52 Å². The van der Waals surface area contributed by atoms with Crippen LogP contribution in [0.2, 0.25) is 0 Å². The van der Waals surface area contributed by atoms with Crippen LogP contribution in [-0.4, -0.2) is 4.98 Å². The first-order valence-electron chi connectivity index (χ1n) is 4.64. The number of rotatable bonds is 0. The Hall–Kier alpha value is -1.09. The number of thiazole rings is 1. The van der Waals surface area contributed by atoms with E-state index in [2.05, 4.69) is 31.8 Å². The van der Waals surface area contributed by atoms with Gasteiger partial charge in [-0.2, -0.15) is 0 Å². The van der Waals surface area contributed by atoms with Crippen LogP contribution in [0.15, 0.2) is 18.2 Å². The monoisotopic (exact) mass is 206 g/mol. The van der Waals surface area contributed by atoms with Gasteiger partial charge in [0.1, 0.15) is 0 Å². The van der Waals surface area contributed by atoms with Crippen LogP contribution in [-0.2, 0) is 5.41 Å². The number of nitrogen functional groups attached to an aromatic ring is 1. The van der Waals surface area contributed by atoms with Crippen LogP contribution in [0.5, 0.6) is 0 Å². The highest BCUT2D eigenvalue weighted by Crippen LogP contribution is 2.34. The van der Waals surface area contributed by atoms with Crippen molar-refractivity contribution in [1.82, 2.24) is 4.98 Å². The standard InChI is InChI=1S/C11H14N2S/c1-11(2,3)7-5-4-6-8-9(7)14-10(12)13-8/h4-6H,1-3H3,(H2,12,13). The van der Waals surface area contributed by atoms with Crippen LogP contribution in [0.4, 0.5) is 5.13 Å². The summed E-state index contributed by atoms with van der Waals surface area (Å²) in [6.45, 7) is 6.62. The molecule has 0 fully saturated rings. The Kier molecular flexibility index (Phi) is 2.00. The molecule has 74 valence electrons. The molecule has 0 spiro atoms. The Labute approximate surface area is 87.8 Å². The number of benzene rings is 1. The van der Waals surface area contributed by atoms with Crippen molar-refractivity contribution < 1.29 is 0 Å². The predicted molar refractivity (Wildman–Crippen MR) is 62.7 cm³/mol. The highest BCUT2D eigenvalue weighted by molar-refractivity contribution is 7.22. The lowest BCUT2D eigenvalue weighted by Gasteiger charge is -2.19. The van der Waals surface area contributed by atoms with Crippen LogP contribution in [0.1, 0.15) is 26.3 Å². The lowest BCUT2D eigenvalue weighted by atomic mass is 9.87. The maximum atomic E-state index is 5.71. The Bertz CT molecular complexity index is 466. The minimum atomic E-state index is 0.151. The number of nitrogens with two attached hydrogens (primary N) is 1. The number of anilines is 1. The second-order valence-corrected chi connectivity index (χ2v) is 5.49. The molecule has 2 N–H and O–H groups in total. The first-order chi connectivity index (χ1) is 6.48. The van der Waals surface area contributed by atoms with Crippen molar-refractivity contribution in [3.63, 3.8) is 0 Å². The fourth-order valence-electron chi connectivity index (χ4n) is 1.56. The van der Waals surface area contributed by atoms with Crippen LogP contribution < -0.4 is 5.73 Å². The third kappa shape index (κ3) is 1.48. The van der Waals surface area contributed by atoms with Gasteiger partial charge in [-0.25, -0.2) is 4.98 Å². The molecule has 2 aromatic rings. The molecule has 1 aromatic carbocycles. The van der Waals surface area contributed by atoms with Crippen LogP contribution in [0.3, 0.4) is 0 Å². The van der Waals surface area contributed by atoms with Crippen molar-refractivity contribution >= 4 is 26.7 Å². The Morgan fingerprint density at radius 3 is 2.64 bits per heavy atom. The van der Waals surface area contributed by atoms with Crippen molar-refractivity contribution in [1.29, 1.82) is 0 Å². The highest BCUT2D eigenvalue weighted by atomic mass is 32.1. The molecule has 0 aliphatic carbocycles. The quantitative estimate of drug-likeness (QED) is 0.719. The van der Waals surface area contributed by atoms with E-state index in [-0.39, 0.29) is 5.41 Å². The van der Waals surface area contributed by atoms with Gasteiger partial charge in [0, 0.05) is 0 Å². The number of aromatic nitrogens is 1. The highest BCUT2D eigenvalue weighted by Gasteiger charge is 2.18. The minimum Gasteiger partial charge on any atom is -0.375 e. The molecule has 0 unspecified atom stereocenters. The maximum absolute atomic E-state index is 5.71. The lowest BCUT2D eigenvalue weighted by Crippen LogP contribution is -2.10. The van der Waals surface area contributed by atoms with Crippen molar-refractivity contribution in [2.45, 2.75) is 26.2 Å². The summed E-state index contributed by atoms with van der Waals surface area (Å²) in [7, 11) is 0. The molecule has 0 radical (unpaired) electrons. The molecule has 2 rings (SSSR count). The van der Waals surface area contributed by atoms with E-state index in [0.29, 0.717) is 5.13 Å². The normalized spacial score (nSPS) is 12.2. The van der Waals surface area contributed by atoms with Gasteiger partial charge in [0.2, 0.25) is 0 Å². The number of hydrogen-bond acceptors (Lipinski definition) is 3. The zero-order chi connectivity index (χ0) is 10.3. The van der Waals surface area contributed by atoms with E-state index in [1.54, 1.807) is 11.3 Å². The third-order valence-electron chi connectivity index (χ3n) is 2.24. The molecule has 0 saturated heterocycles. The number of fused-ring (bicyclic) bond motifs is 1. The zero-order valence-electron chi connectivity index (χ0n) is 8.66. The molecule has 0 atom stereocenters. The maximum Gasteiger partial charge on any atom is 0.181 e. The Morgan fingerprint density at radius 1 is 1.29 bits per heavy atom. The summed E-state index contributed by atoms with van der Waals surface area (Å²) in [6, 6.07) is 6.21. The van der Waals surface area contributed by atoms with Crippen molar-refractivity contribution in [3.8, 4) is 0 Å². The van der Waals surface area contributed by atoms with Gasteiger partial charge in [-0.05, 0) is 17.0 Å². The fourth-order valence-corrected chi connectivity index (χ4v) is 2.61. The van der Waals surface area contributed by atoms with E-state index < -0.39 is 0 Å². The zero-order valence-corrected chi connectivity index (χ0v) is 9.48. The Balaban J connectivity index is 2.77. The van der Waals surface area contributed by atoms with Gasteiger partial charge < -0.3 is 5.73 Å². The van der Waals surface area contributed by atoms with Gasteiger partial charge in [-0.3, -0.25) is 0 Å². The van der Waals surface area contributed by atoms with Crippen molar-refractivity contribution in [2.24, 2.45) is 0 Å². The molecule has 2 nitrogen and oxygen atoms in total. The summed E-state index contributed by atoms with van der Waals surface area (Å²) in [5, 5.41) is 0.650. The molecular formula is C11H14N2S. The van der Waals surface area contributed by atoms with E-state index >= 15 is 0 Å². The Morgan fingerprint density at radius 2 is 2.00 bits per heavy atom. The number of nitrogens with zero attached hydrogens (tertiary/aromatic N) is 1. The van der Waals surface area contributed by atoms with E-state index in [4.69, 9.17) is 5.73 Å². The summed E-state index contributed by atoms with van der Waals surface area (Å²) in [4.78, 5) is 4.28. The predicted octanol–water partition coefficient (Wildman–Crippen LogP) is 3.18.